The highest BCUT2D eigenvalue weighted by Gasteiger charge is 2.02. The van der Waals surface area contributed by atoms with Crippen molar-refractivity contribution in [1.82, 2.24) is 4.90 Å². The number of aliphatic imine (C=N–C) groups is 1. The average molecular weight is 198 g/mol. The van der Waals surface area contributed by atoms with Crippen LogP contribution < -0.4 is 0 Å². The molecule has 0 amide bonds. The summed E-state index contributed by atoms with van der Waals surface area (Å²) in [5.74, 6) is 0. The summed E-state index contributed by atoms with van der Waals surface area (Å²) in [6.45, 7) is 4.92. The van der Waals surface area contributed by atoms with E-state index < -0.39 is 0 Å². The summed E-state index contributed by atoms with van der Waals surface area (Å²) in [5, 5.41) is 0. The highest BCUT2D eigenvalue weighted by Crippen LogP contribution is 1.99. The third kappa shape index (κ3) is 6.66. The molecular weight excluding hydrogens is 176 g/mol. The van der Waals surface area contributed by atoms with Gasteiger partial charge in [0.1, 0.15) is 0 Å². The van der Waals surface area contributed by atoms with E-state index in [1.807, 2.05) is 6.92 Å². The monoisotopic (exact) mass is 198 g/mol. The van der Waals surface area contributed by atoms with Crippen molar-refractivity contribution in [2.75, 3.05) is 27.7 Å². The number of rotatable bonds is 6. The molecule has 3 nitrogen and oxygen atoms in total. The summed E-state index contributed by atoms with van der Waals surface area (Å²) < 4.78 is 5.39. The van der Waals surface area contributed by atoms with Crippen molar-refractivity contribution in [1.29, 1.82) is 0 Å². The van der Waals surface area contributed by atoms with Crippen molar-refractivity contribution >= 4 is 6.21 Å². The lowest BCUT2D eigenvalue weighted by atomic mass is 10.2. The lowest BCUT2D eigenvalue weighted by molar-refractivity contribution is 0.196. The number of hydrogen-bond donors (Lipinski definition) is 0. The van der Waals surface area contributed by atoms with Crippen LogP contribution in [0.5, 0.6) is 0 Å². The predicted molar refractivity (Wildman–Crippen MR) is 61.9 cm³/mol. The van der Waals surface area contributed by atoms with Gasteiger partial charge in [-0.25, -0.2) is 0 Å². The van der Waals surface area contributed by atoms with E-state index in [9.17, 15) is 0 Å². The van der Waals surface area contributed by atoms with E-state index in [-0.39, 0.29) is 0 Å². The SMILES string of the molecule is C/N=C\C(C)=C\OCC[C@@H](C)N(C)C. The van der Waals surface area contributed by atoms with Crippen molar-refractivity contribution in [2.45, 2.75) is 26.3 Å². The summed E-state index contributed by atoms with van der Waals surface area (Å²) in [5.41, 5.74) is 1.05. The van der Waals surface area contributed by atoms with Gasteiger partial charge in [-0.05, 0) is 34.4 Å². The molecule has 0 bridgehead atoms. The molecule has 0 aromatic heterocycles. The van der Waals surface area contributed by atoms with Crippen molar-refractivity contribution in [3.05, 3.63) is 11.8 Å². The molecule has 0 aliphatic heterocycles. The highest BCUT2D eigenvalue weighted by molar-refractivity contribution is 5.76. The molecule has 0 aromatic rings. The molecule has 1 atom stereocenters. The smallest absolute Gasteiger partial charge is 0.0888 e. The zero-order valence-electron chi connectivity index (χ0n) is 9.95. The van der Waals surface area contributed by atoms with Crippen LogP contribution in [0.25, 0.3) is 0 Å². The molecule has 0 aromatic carbocycles. The maximum Gasteiger partial charge on any atom is 0.0888 e. The maximum atomic E-state index is 5.39. The first-order chi connectivity index (χ1) is 6.57. The molecule has 0 radical (unpaired) electrons. The summed E-state index contributed by atoms with van der Waals surface area (Å²) >= 11 is 0. The molecule has 0 rings (SSSR count). The molecule has 0 unspecified atom stereocenters. The van der Waals surface area contributed by atoms with E-state index in [0.717, 1.165) is 18.6 Å². The second-order valence-corrected chi connectivity index (χ2v) is 3.72. The number of nitrogens with zero attached hydrogens (tertiary/aromatic N) is 2. The Hall–Kier alpha value is -0.830. The van der Waals surface area contributed by atoms with Crippen LogP contribution in [0.1, 0.15) is 20.3 Å². The molecule has 0 spiro atoms. The van der Waals surface area contributed by atoms with E-state index in [2.05, 4.69) is 30.9 Å². The normalized spacial score (nSPS) is 15.1. The van der Waals surface area contributed by atoms with Gasteiger partial charge in [-0.2, -0.15) is 0 Å². The second kappa shape index (κ2) is 7.56. The molecule has 0 fully saturated rings. The Morgan fingerprint density at radius 3 is 2.64 bits per heavy atom. The molecule has 0 saturated heterocycles. The van der Waals surface area contributed by atoms with Gasteiger partial charge in [-0.3, -0.25) is 4.99 Å². The molecule has 0 saturated carbocycles. The van der Waals surface area contributed by atoms with Gasteiger partial charge in [0.2, 0.25) is 0 Å². The van der Waals surface area contributed by atoms with Gasteiger partial charge < -0.3 is 9.64 Å². The first-order valence-corrected chi connectivity index (χ1v) is 4.95. The van der Waals surface area contributed by atoms with Crippen LogP contribution in [0.2, 0.25) is 0 Å². The molecule has 0 N–H and O–H groups in total. The molecule has 3 heteroatoms. The van der Waals surface area contributed by atoms with Crippen LogP contribution in [-0.2, 0) is 4.74 Å². The number of ether oxygens (including phenoxy) is 1. The van der Waals surface area contributed by atoms with Crippen molar-refractivity contribution in [3.8, 4) is 0 Å². The predicted octanol–water partition coefficient (Wildman–Crippen LogP) is 1.95. The molecular formula is C11H22N2O. The van der Waals surface area contributed by atoms with Crippen LogP contribution in [0.3, 0.4) is 0 Å². The van der Waals surface area contributed by atoms with Crippen LogP contribution >= 0.6 is 0 Å². The fraction of sp³-hybridized carbons (Fsp3) is 0.727. The molecule has 14 heavy (non-hydrogen) atoms. The third-order valence-corrected chi connectivity index (χ3v) is 2.14. The van der Waals surface area contributed by atoms with Crippen LogP contribution in [0, 0.1) is 0 Å². The largest absolute Gasteiger partial charge is 0.501 e. The van der Waals surface area contributed by atoms with Gasteiger partial charge in [0, 0.05) is 24.9 Å². The summed E-state index contributed by atoms with van der Waals surface area (Å²) in [4.78, 5) is 6.08. The first kappa shape index (κ1) is 13.2. The molecule has 0 aliphatic carbocycles. The zero-order chi connectivity index (χ0) is 11.0. The Kier molecular flexibility index (Phi) is 7.11. The Balaban J connectivity index is 3.60. The van der Waals surface area contributed by atoms with Gasteiger partial charge in [0.05, 0.1) is 12.9 Å². The van der Waals surface area contributed by atoms with E-state index in [0.29, 0.717) is 6.04 Å². The van der Waals surface area contributed by atoms with E-state index in [4.69, 9.17) is 4.74 Å². The minimum atomic E-state index is 0.559. The fourth-order valence-electron chi connectivity index (χ4n) is 0.921. The lowest BCUT2D eigenvalue weighted by Crippen LogP contribution is -2.25. The van der Waals surface area contributed by atoms with Crippen molar-refractivity contribution < 1.29 is 4.74 Å². The fourth-order valence-corrected chi connectivity index (χ4v) is 0.921. The minimum absolute atomic E-state index is 0.559. The van der Waals surface area contributed by atoms with Crippen LogP contribution in [0.4, 0.5) is 0 Å². The Bertz CT molecular complexity index is 197. The van der Waals surface area contributed by atoms with Gasteiger partial charge >= 0.3 is 0 Å². The van der Waals surface area contributed by atoms with Gasteiger partial charge in [-0.1, -0.05) is 0 Å². The topological polar surface area (TPSA) is 24.8 Å². The summed E-state index contributed by atoms with van der Waals surface area (Å²) in [6.07, 6.45) is 4.59. The quantitative estimate of drug-likeness (QED) is 0.370. The van der Waals surface area contributed by atoms with E-state index in [1.165, 1.54) is 0 Å². The van der Waals surface area contributed by atoms with Crippen LogP contribution in [-0.4, -0.2) is 44.9 Å². The van der Waals surface area contributed by atoms with Crippen molar-refractivity contribution in [2.24, 2.45) is 4.99 Å². The first-order valence-electron chi connectivity index (χ1n) is 4.95. The number of allylic oxidation sites excluding steroid dienone is 1. The molecule has 82 valence electrons. The Morgan fingerprint density at radius 1 is 1.50 bits per heavy atom. The standard InChI is InChI=1S/C11H22N2O/c1-10(8-12-3)9-14-7-6-11(2)13(4)5/h8-9,11H,6-7H2,1-5H3/b10-9+,12-8-/t11-/m1/s1. The maximum absolute atomic E-state index is 5.39. The van der Waals surface area contributed by atoms with Gasteiger partial charge in [0.25, 0.3) is 0 Å². The minimum Gasteiger partial charge on any atom is -0.501 e. The second-order valence-electron chi connectivity index (χ2n) is 3.72. The van der Waals surface area contributed by atoms with Gasteiger partial charge in [0.15, 0.2) is 0 Å². The Labute approximate surface area is 87.5 Å². The van der Waals surface area contributed by atoms with Crippen molar-refractivity contribution in [3.63, 3.8) is 0 Å². The highest BCUT2D eigenvalue weighted by atomic mass is 16.5. The molecule has 0 heterocycles. The summed E-state index contributed by atoms with van der Waals surface area (Å²) in [7, 11) is 5.91. The van der Waals surface area contributed by atoms with Crippen LogP contribution in [0.15, 0.2) is 16.8 Å². The average Bonchev–Trinajstić information content (AvgIpc) is 2.12. The van der Waals surface area contributed by atoms with Gasteiger partial charge in [-0.15, -0.1) is 0 Å². The zero-order valence-corrected chi connectivity index (χ0v) is 9.95. The summed E-state index contributed by atoms with van der Waals surface area (Å²) in [6, 6.07) is 0.559. The number of hydrogen-bond acceptors (Lipinski definition) is 3. The Morgan fingerprint density at radius 2 is 2.14 bits per heavy atom. The lowest BCUT2D eigenvalue weighted by Gasteiger charge is -2.18. The third-order valence-electron chi connectivity index (χ3n) is 2.14. The van der Waals surface area contributed by atoms with E-state index >= 15 is 0 Å². The van der Waals surface area contributed by atoms with E-state index in [1.54, 1.807) is 19.5 Å². The molecule has 0 aliphatic rings.